The van der Waals surface area contributed by atoms with Crippen LogP contribution in [0.25, 0.3) is 0 Å². The van der Waals surface area contributed by atoms with Crippen LogP contribution in [-0.4, -0.2) is 11.7 Å². The molecule has 1 atom stereocenters. The highest BCUT2D eigenvalue weighted by atomic mass is 16.1. The smallest absolute Gasteiger partial charge is 0.217 e. The van der Waals surface area contributed by atoms with E-state index in [0.717, 1.165) is 25.7 Å². The van der Waals surface area contributed by atoms with Crippen LogP contribution < -0.4 is 5.73 Å². The number of carbonyl (C=O) groups excluding carboxylic acids is 2. The van der Waals surface area contributed by atoms with Crippen molar-refractivity contribution >= 4 is 11.7 Å². The molecule has 3 heteroatoms. The maximum Gasteiger partial charge on any atom is 0.217 e. The average Bonchev–Trinajstić information content (AvgIpc) is 2.03. The van der Waals surface area contributed by atoms with E-state index < -0.39 is 0 Å². The Labute approximate surface area is 79.7 Å². The van der Waals surface area contributed by atoms with Crippen LogP contribution in [0.4, 0.5) is 0 Å². The Morgan fingerprint density at radius 1 is 1.31 bits per heavy atom. The number of Topliss-reactive ketones (excluding diaryl/α,β-unsaturated/α-hetero) is 1. The fourth-order valence-corrected chi connectivity index (χ4v) is 1.38. The van der Waals surface area contributed by atoms with Crippen LogP contribution in [0.2, 0.25) is 0 Å². The number of primary amides is 1. The van der Waals surface area contributed by atoms with Gasteiger partial charge in [-0.1, -0.05) is 13.3 Å². The number of unbranched alkanes of at least 4 members (excludes halogenated alkanes) is 1. The zero-order valence-electron chi connectivity index (χ0n) is 8.51. The van der Waals surface area contributed by atoms with Crippen molar-refractivity contribution in [1.82, 2.24) is 0 Å². The first-order valence-electron chi connectivity index (χ1n) is 4.86. The standard InChI is InChI=1S/C10H19NO2/c1-3-9(8(2)12)6-4-5-7-10(11)13/h9H,3-7H2,1-2H3,(H2,11,13). The lowest BCUT2D eigenvalue weighted by Crippen LogP contribution is -2.12. The molecule has 3 nitrogen and oxygen atoms in total. The van der Waals surface area contributed by atoms with Crippen LogP contribution in [0.3, 0.4) is 0 Å². The van der Waals surface area contributed by atoms with E-state index in [1.165, 1.54) is 0 Å². The Balaban J connectivity index is 3.50. The molecule has 0 fully saturated rings. The molecule has 2 N–H and O–H groups in total. The van der Waals surface area contributed by atoms with Crippen LogP contribution in [0.1, 0.15) is 46.0 Å². The van der Waals surface area contributed by atoms with E-state index in [4.69, 9.17) is 5.73 Å². The Morgan fingerprint density at radius 2 is 1.92 bits per heavy atom. The molecule has 0 spiro atoms. The molecule has 0 aliphatic carbocycles. The minimum absolute atomic E-state index is 0.174. The van der Waals surface area contributed by atoms with E-state index in [2.05, 4.69) is 0 Å². The molecular weight excluding hydrogens is 166 g/mol. The number of ketones is 1. The number of hydrogen-bond donors (Lipinski definition) is 1. The van der Waals surface area contributed by atoms with Crippen LogP contribution in [0.5, 0.6) is 0 Å². The normalized spacial score (nSPS) is 12.5. The summed E-state index contributed by atoms with van der Waals surface area (Å²) < 4.78 is 0. The van der Waals surface area contributed by atoms with Crippen molar-refractivity contribution in [3.8, 4) is 0 Å². The van der Waals surface area contributed by atoms with Crippen molar-refractivity contribution in [2.45, 2.75) is 46.0 Å². The fraction of sp³-hybridized carbons (Fsp3) is 0.800. The molecule has 1 amide bonds. The van der Waals surface area contributed by atoms with E-state index >= 15 is 0 Å². The molecule has 0 aliphatic rings. The van der Waals surface area contributed by atoms with Gasteiger partial charge in [0.15, 0.2) is 0 Å². The van der Waals surface area contributed by atoms with E-state index in [1.807, 2.05) is 6.92 Å². The Bertz CT molecular complexity index is 178. The number of hydrogen-bond acceptors (Lipinski definition) is 2. The highest BCUT2D eigenvalue weighted by Gasteiger charge is 2.10. The number of rotatable bonds is 7. The second-order valence-electron chi connectivity index (χ2n) is 3.43. The van der Waals surface area contributed by atoms with Gasteiger partial charge in [-0.15, -0.1) is 0 Å². The molecule has 0 aromatic rings. The molecule has 1 unspecified atom stereocenters. The molecule has 13 heavy (non-hydrogen) atoms. The van der Waals surface area contributed by atoms with Crippen molar-refractivity contribution < 1.29 is 9.59 Å². The molecule has 0 radical (unpaired) electrons. The van der Waals surface area contributed by atoms with Gasteiger partial charge in [0.25, 0.3) is 0 Å². The first kappa shape index (κ1) is 12.1. The molecule has 0 heterocycles. The lowest BCUT2D eigenvalue weighted by Gasteiger charge is -2.09. The first-order chi connectivity index (χ1) is 6.07. The van der Waals surface area contributed by atoms with E-state index in [9.17, 15) is 9.59 Å². The van der Waals surface area contributed by atoms with Crippen molar-refractivity contribution in [3.05, 3.63) is 0 Å². The SMILES string of the molecule is CCC(CCCCC(N)=O)C(C)=O. The largest absolute Gasteiger partial charge is 0.370 e. The molecular formula is C10H19NO2. The van der Waals surface area contributed by atoms with Gasteiger partial charge >= 0.3 is 0 Å². The van der Waals surface area contributed by atoms with Gasteiger partial charge in [-0.05, 0) is 26.2 Å². The van der Waals surface area contributed by atoms with Gasteiger partial charge in [0.2, 0.25) is 5.91 Å². The zero-order chi connectivity index (χ0) is 10.3. The summed E-state index contributed by atoms with van der Waals surface area (Å²) in [6, 6.07) is 0. The predicted molar refractivity (Wildman–Crippen MR) is 52.1 cm³/mol. The highest BCUT2D eigenvalue weighted by molar-refractivity contribution is 5.78. The lowest BCUT2D eigenvalue weighted by atomic mass is 9.95. The summed E-state index contributed by atoms with van der Waals surface area (Å²) in [5.41, 5.74) is 5.00. The predicted octanol–water partition coefficient (Wildman–Crippen LogP) is 1.65. The van der Waals surface area contributed by atoms with Crippen LogP contribution in [0.15, 0.2) is 0 Å². The Hall–Kier alpha value is -0.860. The van der Waals surface area contributed by atoms with Crippen LogP contribution in [-0.2, 0) is 9.59 Å². The number of amides is 1. The number of nitrogens with two attached hydrogens (primary N) is 1. The monoisotopic (exact) mass is 185 g/mol. The maximum absolute atomic E-state index is 11.0. The summed E-state index contributed by atoms with van der Waals surface area (Å²) in [7, 11) is 0. The third kappa shape index (κ3) is 6.31. The summed E-state index contributed by atoms with van der Waals surface area (Å²) in [6.45, 7) is 3.64. The summed E-state index contributed by atoms with van der Waals surface area (Å²) in [6.07, 6.45) is 3.94. The van der Waals surface area contributed by atoms with Crippen molar-refractivity contribution in [2.75, 3.05) is 0 Å². The average molecular weight is 185 g/mol. The molecule has 0 aromatic carbocycles. The van der Waals surface area contributed by atoms with Crippen molar-refractivity contribution in [3.63, 3.8) is 0 Å². The summed E-state index contributed by atoms with van der Waals surface area (Å²) in [4.78, 5) is 21.4. The minimum Gasteiger partial charge on any atom is -0.370 e. The van der Waals surface area contributed by atoms with E-state index in [-0.39, 0.29) is 17.6 Å². The summed E-state index contributed by atoms with van der Waals surface area (Å²) in [5, 5.41) is 0. The lowest BCUT2D eigenvalue weighted by molar-refractivity contribution is -0.121. The second kappa shape index (κ2) is 6.63. The second-order valence-corrected chi connectivity index (χ2v) is 3.43. The molecule has 0 saturated heterocycles. The van der Waals surface area contributed by atoms with Crippen LogP contribution >= 0.6 is 0 Å². The minimum atomic E-state index is -0.254. The summed E-state index contributed by atoms with van der Waals surface area (Å²) >= 11 is 0. The van der Waals surface area contributed by atoms with E-state index in [1.54, 1.807) is 6.92 Å². The van der Waals surface area contributed by atoms with Gasteiger partial charge in [-0.3, -0.25) is 9.59 Å². The van der Waals surface area contributed by atoms with Gasteiger partial charge < -0.3 is 5.73 Å². The van der Waals surface area contributed by atoms with Crippen molar-refractivity contribution in [1.29, 1.82) is 0 Å². The quantitative estimate of drug-likeness (QED) is 0.613. The van der Waals surface area contributed by atoms with Gasteiger partial charge in [-0.25, -0.2) is 0 Å². The zero-order valence-corrected chi connectivity index (χ0v) is 8.51. The highest BCUT2D eigenvalue weighted by Crippen LogP contribution is 2.14. The molecule has 0 bridgehead atoms. The van der Waals surface area contributed by atoms with Gasteiger partial charge in [0.05, 0.1) is 0 Å². The molecule has 0 rings (SSSR count). The van der Waals surface area contributed by atoms with Gasteiger partial charge in [-0.2, -0.15) is 0 Å². The van der Waals surface area contributed by atoms with E-state index in [0.29, 0.717) is 6.42 Å². The first-order valence-corrected chi connectivity index (χ1v) is 4.86. The third-order valence-corrected chi connectivity index (χ3v) is 2.29. The maximum atomic E-state index is 11.0. The molecule has 0 aliphatic heterocycles. The molecule has 0 saturated carbocycles. The Morgan fingerprint density at radius 3 is 2.31 bits per heavy atom. The fourth-order valence-electron chi connectivity index (χ4n) is 1.38. The Kier molecular flexibility index (Phi) is 6.20. The van der Waals surface area contributed by atoms with Gasteiger partial charge in [0.1, 0.15) is 5.78 Å². The summed E-state index contributed by atoms with van der Waals surface area (Å²) in [5.74, 6) is 0.172. The van der Waals surface area contributed by atoms with Gasteiger partial charge in [0, 0.05) is 12.3 Å². The molecule has 76 valence electrons. The van der Waals surface area contributed by atoms with Crippen LogP contribution in [0, 0.1) is 5.92 Å². The number of carbonyl (C=O) groups is 2. The topological polar surface area (TPSA) is 60.2 Å². The molecule has 0 aromatic heterocycles. The van der Waals surface area contributed by atoms with Crippen molar-refractivity contribution in [2.24, 2.45) is 11.7 Å². The third-order valence-electron chi connectivity index (χ3n) is 2.29.